The summed E-state index contributed by atoms with van der Waals surface area (Å²) in [5.41, 5.74) is 0.565. The molecule has 0 atom stereocenters. The molecule has 0 aliphatic rings. The van der Waals surface area contributed by atoms with Gasteiger partial charge in [-0.1, -0.05) is 30.4 Å². The second-order valence-electron chi connectivity index (χ2n) is 4.41. The molecule has 4 nitrogen and oxygen atoms in total. The minimum atomic E-state index is -3.61. The fraction of sp³-hybridized carbons (Fsp3) is 0.429. The summed E-state index contributed by atoms with van der Waals surface area (Å²) in [5, 5.41) is 8.77. The molecular formula is C14H18ClNO3S. The highest BCUT2D eigenvalue weighted by Gasteiger charge is 2.27. The lowest BCUT2D eigenvalue weighted by molar-refractivity contribution is 0.350. The van der Waals surface area contributed by atoms with E-state index in [0.29, 0.717) is 12.1 Å². The Labute approximate surface area is 125 Å². The molecule has 0 saturated carbocycles. The number of aliphatic hydroxyl groups is 1. The van der Waals surface area contributed by atoms with Crippen LogP contribution in [0, 0.1) is 11.8 Å². The number of nitrogens with zero attached hydrogens (tertiary/aromatic N) is 1. The second-order valence-corrected chi connectivity index (χ2v) is 6.67. The molecule has 0 amide bonds. The van der Waals surface area contributed by atoms with Gasteiger partial charge in [-0.05, 0) is 32.0 Å². The predicted molar refractivity (Wildman–Crippen MR) is 80.1 cm³/mol. The van der Waals surface area contributed by atoms with Gasteiger partial charge in [0.05, 0.1) is 5.02 Å². The summed E-state index contributed by atoms with van der Waals surface area (Å²) in [7, 11) is -3.61. The maximum Gasteiger partial charge on any atom is 0.244 e. The van der Waals surface area contributed by atoms with Gasteiger partial charge in [0.15, 0.2) is 0 Å². The largest absolute Gasteiger partial charge is 0.384 e. The molecule has 0 radical (unpaired) electrons. The summed E-state index contributed by atoms with van der Waals surface area (Å²) in [6.07, 6.45) is 0. The van der Waals surface area contributed by atoms with Crippen LogP contribution in [0.2, 0.25) is 5.02 Å². The smallest absolute Gasteiger partial charge is 0.244 e. The monoisotopic (exact) mass is 315 g/mol. The lowest BCUT2D eigenvalue weighted by atomic mass is 10.2. The van der Waals surface area contributed by atoms with Crippen LogP contribution in [0.3, 0.4) is 0 Å². The number of hydrogen-bond acceptors (Lipinski definition) is 3. The van der Waals surface area contributed by atoms with Gasteiger partial charge in [-0.25, -0.2) is 8.42 Å². The maximum absolute atomic E-state index is 12.5. The average Bonchev–Trinajstić information content (AvgIpc) is 2.35. The Morgan fingerprint density at radius 2 is 2.05 bits per heavy atom. The summed E-state index contributed by atoms with van der Waals surface area (Å²) in [6, 6.07) is 4.38. The van der Waals surface area contributed by atoms with E-state index in [9.17, 15) is 8.42 Å². The van der Waals surface area contributed by atoms with E-state index in [2.05, 4.69) is 11.8 Å². The van der Waals surface area contributed by atoms with Crippen molar-refractivity contribution in [2.75, 3.05) is 13.2 Å². The molecule has 110 valence electrons. The number of aliphatic hydroxyl groups excluding tert-OH is 1. The van der Waals surface area contributed by atoms with Gasteiger partial charge < -0.3 is 5.11 Å². The van der Waals surface area contributed by atoms with Crippen molar-refractivity contribution in [3.63, 3.8) is 0 Å². The fourth-order valence-corrected chi connectivity index (χ4v) is 4.03. The Balaban J connectivity index is 3.27. The standard InChI is InChI=1S/C14H18ClNO3S/c1-4-16(11(2)3)20(18,19)14-8-7-12(6-5-9-17)10-13(14)15/h7-8,10-11,17H,4,9H2,1-3H3. The number of halogens is 1. The van der Waals surface area contributed by atoms with Crippen LogP contribution in [0.4, 0.5) is 0 Å². The van der Waals surface area contributed by atoms with E-state index >= 15 is 0 Å². The molecule has 0 heterocycles. The van der Waals surface area contributed by atoms with Crippen molar-refractivity contribution in [2.24, 2.45) is 0 Å². The molecule has 1 N–H and O–H groups in total. The highest BCUT2D eigenvalue weighted by Crippen LogP contribution is 2.26. The molecule has 6 heteroatoms. The molecule has 1 aromatic carbocycles. The second kappa shape index (κ2) is 7.09. The van der Waals surface area contributed by atoms with Crippen LogP contribution < -0.4 is 0 Å². The first-order valence-corrected chi connectivity index (χ1v) is 8.07. The minimum Gasteiger partial charge on any atom is -0.384 e. The molecule has 1 rings (SSSR count). The zero-order valence-electron chi connectivity index (χ0n) is 11.7. The first kappa shape index (κ1) is 17.0. The van der Waals surface area contributed by atoms with E-state index in [1.54, 1.807) is 13.0 Å². The quantitative estimate of drug-likeness (QED) is 0.866. The van der Waals surface area contributed by atoms with Crippen LogP contribution in [0.5, 0.6) is 0 Å². The molecule has 0 aliphatic carbocycles. The fourth-order valence-electron chi connectivity index (χ4n) is 1.87. The maximum atomic E-state index is 12.5. The third kappa shape index (κ3) is 3.74. The molecule has 0 aromatic heterocycles. The van der Waals surface area contributed by atoms with Crippen LogP contribution in [0.1, 0.15) is 26.3 Å². The summed E-state index contributed by atoms with van der Waals surface area (Å²) in [4.78, 5) is 0.0734. The number of sulfonamides is 1. The van der Waals surface area contributed by atoms with Crippen molar-refractivity contribution in [1.29, 1.82) is 0 Å². The van der Waals surface area contributed by atoms with E-state index in [0.717, 1.165) is 0 Å². The average molecular weight is 316 g/mol. The number of benzene rings is 1. The van der Waals surface area contributed by atoms with Crippen molar-refractivity contribution in [3.05, 3.63) is 28.8 Å². The third-order valence-electron chi connectivity index (χ3n) is 2.72. The van der Waals surface area contributed by atoms with Crippen molar-refractivity contribution in [3.8, 4) is 11.8 Å². The van der Waals surface area contributed by atoms with Crippen LogP contribution in [0.25, 0.3) is 0 Å². The topological polar surface area (TPSA) is 57.6 Å². The highest BCUT2D eigenvalue weighted by atomic mass is 35.5. The van der Waals surface area contributed by atoms with Gasteiger partial charge in [0.25, 0.3) is 0 Å². The van der Waals surface area contributed by atoms with Gasteiger partial charge in [0, 0.05) is 18.2 Å². The zero-order valence-corrected chi connectivity index (χ0v) is 13.3. The molecular weight excluding hydrogens is 298 g/mol. The highest BCUT2D eigenvalue weighted by molar-refractivity contribution is 7.89. The summed E-state index contributed by atoms with van der Waals surface area (Å²) >= 11 is 6.06. The minimum absolute atomic E-state index is 0.0734. The molecule has 0 bridgehead atoms. The lowest BCUT2D eigenvalue weighted by Gasteiger charge is -2.24. The van der Waals surface area contributed by atoms with Crippen LogP contribution in [-0.4, -0.2) is 37.0 Å². The van der Waals surface area contributed by atoms with Gasteiger partial charge in [0.1, 0.15) is 11.5 Å². The Morgan fingerprint density at radius 1 is 1.40 bits per heavy atom. The van der Waals surface area contributed by atoms with Gasteiger partial charge >= 0.3 is 0 Å². The Bertz CT molecular complexity index is 630. The Hall–Kier alpha value is -1.06. The zero-order chi connectivity index (χ0) is 15.3. The van der Waals surface area contributed by atoms with Crippen molar-refractivity contribution in [1.82, 2.24) is 4.31 Å². The van der Waals surface area contributed by atoms with Gasteiger partial charge in [-0.3, -0.25) is 0 Å². The molecule has 0 aliphatic heterocycles. The molecule has 0 unspecified atom stereocenters. The SMILES string of the molecule is CCN(C(C)C)S(=O)(=O)c1ccc(C#CCO)cc1Cl. The summed E-state index contributed by atoms with van der Waals surface area (Å²) < 4.78 is 26.4. The van der Waals surface area contributed by atoms with Gasteiger partial charge in [0.2, 0.25) is 10.0 Å². The van der Waals surface area contributed by atoms with Crippen molar-refractivity contribution in [2.45, 2.75) is 31.7 Å². The van der Waals surface area contributed by atoms with E-state index in [-0.39, 0.29) is 22.6 Å². The number of rotatable bonds is 4. The van der Waals surface area contributed by atoms with Crippen LogP contribution in [-0.2, 0) is 10.0 Å². The van der Waals surface area contributed by atoms with E-state index < -0.39 is 10.0 Å². The molecule has 0 saturated heterocycles. The molecule has 0 spiro atoms. The summed E-state index contributed by atoms with van der Waals surface area (Å²) in [5.74, 6) is 5.18. The van der Waals surface area contributed by atoms with Crippen molar-refractivity contribution < 1.29 is 13.5 Å². The molecule has 20 heavy (non-hydrogen) atoms. The first-order chi connectivity index (χ1) is 9.34. The molecule has 1 aromatic rings. The van der Waals surface area contributed by atoms with Crippen LogP contribution >= 0.6 is 11.6 Å². The first-order valence-electron chi connectivity index (χ1n) is 6.25. The van der Waals surface area contributed by atoms with E-state index in [4.69, 9.17) is 16.7 Å². The third-order valence-corrected chi connectivity index (χ3v) is 5.35. The number of hydrogen-bond donors (Lipinski definition) is 1. The Morgan fingerprint density at radius 3 is 2.50 bits per heavy atom. The van der Waals surface area contributed by atoms with Crippen molar-refractivity contribution >= 4 is 21.6 Å². The summed E-state index contributed by atoms with van der Waals surface area (Å²) in [6.45, 7) is 5.54. The normalized spacial score (nSPS) is 11.6. The lowest BCUT2D eigenvalue weighted by Crippen LogP contribution is -2.36. The molecule has 0 fully saturated rings. The van der Waals surface area contributed by atoms with E-state index in [1.165, 1.54) is 16.4 Å². The van der Waals surface area contributed by atoms with Crippen LogP contribution in [0.15, 0.2) is 23.1 Å². The van der Waals surface area contributed by atoms with E-state index in [1.807, 2.05) is 13.8 Å². The van der Waals surface area contributed by atoms with Gasteiger partial charge in [-0.2, -0.15) is 4.31 Å². The predicted octanol–water partition coefficient (Wildman–Crippen LogP) is 2.10. The van der Waals surface area contributed by atoms with Gasteiger partial charge in [-0.15, -0.1) is 0 Å². The Kier molecular flexibility index (Phi) is 6.03.